The molecule has 0 aliphatic carbocycles. The van der Waals surface area contributed by atoms with Crippen LogP contribution in [0.4, 0.5) is 0 Å². The van der Waals surface area contributed by atoms with Gasteiger partial charge in [0.25, 0.3) is 0 Å². The quantitative estimate of drug-likeness (QED) is 0.894. The number of methoxy groups -OCH3 is 1. The first-order valence-corrected chi connectivity index (χ1v) is 6.38. The fraction of sp³-hybridized carbons (Fsp3) is 0.250. The molecule has 2 aromatic rings. The summed E-state index contributed by atoms with van der Waals surface area (Å²) in [4.78, 5) is 0. The van der Waals surface area contributed by atoms with Crippen LogP contribution in [0, 0.1) is 0 Å². The van der Waals surface area contributed by atoms with Gasteiger partial charge in [0.1, 0.15) is 0 Å². The molecular formula is C16H19NO2. The average molecular weight is 257 g/mol. The molecule has 100 valence electrons. The van der Waals surface area contributed by atoms with Crippen molar-refractivity contribution in [1.29, 1.82) is 0 Å². The Balaban J connectivity index is 2.39. The Bertz CT molecular complexity index is 552. The molecule has 0 bridgehead atoms. The molecule has 3 nitrogen and oxygen atoms in total. The molecule has 0 saturated carbocycles. The van der Waals surface area contributed by atoms with Gasteiger partial charge in [-0.2, -0.15) is 0 Å². The zero-order valence-electron chi connectivity index (χ0n) is 11.3. The van der Waals surface area contributed by atoms with Crippen molar-refractivity contribution in [2.75, 3.05) is 13.7 Å². The van der Waals surface area contributed by atoms with Crippen LogP contribution in [-0.2, 0) is 6.54 Å². The number of benzene rings is 2. The largest absolute Gasteiger partial charge is 0.493 e. The Hall–Kier alpha value is -2.00. The standard InChI is InChI=1S/C16H19NO2/c1-3-19-15-8-7-14(10-16(15)18-2)13-6-4-5-12(9-13)11-17/h4-10H,3,11,17H2,1-2H3. The van der Waals surface area contributed by atoms with Gasteiger partial charge in [0.2, 0.25) is 0 Å². The van der Waals surface area contributed by atoms with Crippen LogP contribution in [0.1, 0.15) is 12.5 Å². The molecule has 0 atom stereocenters. The molecular weight excluding hydrogens is 238 g/mol. The number of hydrogen-bond donors (Lipinski definition) is 1. The predicted octanol–water partition coefficient (Wildman–Crippen LogP) is 3.22. The summed E-state index contributed by atoms with van der Waals surface area (Å²) in [6, 6.07) is 14.1. The molecule has 19 heavy (non-hydrogen) atoms. The molecule has 0 aromatic heterocycles. The first-order chi connectivity index (χ1) is 9.28. The Morgan fingerprint density at radius 2 is 1.79 bits per heavy atom. The van der Waals surface area contributed by atoms with E-state index in [9.17, 15) is 0 Å². The third-order valence-corrected chi connectivity index (χ3v) is 2.96. The first-order valence-electron chi connectivity index (χ1n) is 6.38. The highest BCUT2D eigenvalue weighted by molar-refractivity contribution is 5.67. The number of nitrogens with two attached hydrogens (primary N) is 1. The highest BCUT2D eigenvalue weighted by Crippen LogP contribution is 2.32. The number of hydrogen-bond acceptors (Lipinski definition) is 3. The second kappa shape index (κ2) is 6.25. The van der Waals surface area contributed by atoms with Crippen molar-refractivity contribution < 1.29 is 9.47 Å². The lowest BCUT2D eigenvalue weighted by Gasteiger charge is -2.11. The van der Waals surface area contributed by atoms with Gasteiger partial charge in [-0.05, 0) is 41.8 Å². The molecule has 0 unspecified atom stereocenters. The van der Waals surface area contributed by atoms with Crippen LogP contribution in [0.15, 0.2) is 42.5 Å². The lowest BCUT2D eigenvalue weighted by atomic mass is 10.0. The van der Waals surface area contributed by atoms with Gasteiger partial charge >= 0.3 is 0 Å². The molecule has 3 heteroatoms. The van der Waals surface area contributed by atoms with Gasteiger partial charge in [0.15, 0.2) is 11.5 Å². The second-order valence-corrected chi connectivity index (χ2v) is 4.20. The maximum absolute atomic E-state index is 5.67. The van der Waals surface area contributed by atoms with E-state index in [1.54, 1.807) is 7.11 Å². The Labute approximate surface area is 114 Å². The van der Waals surface area contributed by atoms with Gasteiger partial charge in [0.05, 0.1) is 13.7 Å². The summed E-state index contributed by atoms with van der Waals surface area (Å²) < 4.78 is 10.9. The topological polar surface area (TPSA) is 44.5 Å². The number of ether oxygens (including phenoxy) is 2. The minimum Gasteiger partial charge on any atom is -0.493 e. The molecule has 2 aromatic carbocycles. The van der Waals surface area contributed by atoms with Crippen LogP contribution >= 0.6 is 0 Å². The summed E-state index contributed by atoms with van der Waals surface area (Å²) in [5, 5.41) is 0. The van der Waals surface area contributed by atoms with E-state index >= 15 is 0 Å². The van der Waals surface area contributed by atoms with Gasteiger partial charge in [-0.25, -0.2) is 0 Å². The van der Waals surface area contributed by atoms with Crippen molar-refractivity contribution >= 4 is 0 Å². The van der Waals surface area contributed by atoms with Crippen molar-refractivity contribution in [3.05, 3.63) is 48.0 Å². The van der Waals surface area contributed by atoms with Crippen LogP contribution in [0.5, 0.6) is 11.5 Å². The molecule has 2 N–H and O–H groups in total. The lowest BCUT2D eigenvalue weighted by molar-refractivity contribution is 0.311. The van der Waals surface area contributed by atoms with E-state index in [4.69, 9.17) is 15.2 Å². The van der Waals surface area contributed by atoms with E-state index in [0.717, 1.165) is 28.2 Å². The molecule has 0 aliphatic rings. The summed E-state index contributed by atoms with van der Waals surface area (Å²) in [6.45, 7) is 3.12. The Morgan fingerprint density at radius 1 is 1.00 bits per heavy atom. The van der Waals surface area contributed by atoms with Crippen molar-refractivity contribution in [2.24, 2.45) is 5.73 Å². The third kappa shape index (κ3) is 3.06. The van der Waals surface area contributed by atoms with Gasteiger partial charge in [-0.1, -0.05) is 24.3 Å². The van der Waals surface area contributed by atoms with Crippen LogP contribution in [0.25, 0.3) is 11.1 Å². The maximum atomic E-state index is 5.67. The van der Waals surface area contributed by atoms with Crippen LogP contribution in [-0.4, -0.2) is 13.7 Å². The third-order valence-electron chi connectivity index (χ3n) is 2.96. The molecule has 0 aliphatic heterocycles. The van der Waals surface area contributed by atoms with Gasteiger partial charge < -0.3 is 15.2 Å². The lowest BCUT2D eigenvalue weighted by Crippen LogP contribution is -1.97. The van der Waals surface area contributed by atoms with E-state index in [1.807, 2.05) is 37.3 Å². The summed E-state index contributed by atoms with van der Waals surface area (Å²) in [7, 11) is 1.65. The molecule has 0 spiro atoms. The molecule has 0 heterocycles. The highest BCUT2D eigenvalue weighted by Gasteiger charge is 2.07. The summed E-state index contributed by atoms with van der Waals surface area (Å²) in [6.07, 6.45) is 0. The zero-order chi connectivity index (χ0) is 13.7. The average Bonchev–Trinajstić information content (AvgIpc) is 2.48. The fourth-order valence-corrected chi connectivity index (χ4v) is 2.00. The van der Waals surface area contributed by atoms with E-state index in [2.05, 4.69) is 12.1 Å². The number of rotatable bonds is 5. The van der Waals surface area contributed by atoms with E-state index in [0.29, 0.717) is 13.2 Å². The summed E-state index contributed by atoms with van der Waals surface area (Å²) >= 11 is 0. The Kier molecular flexibility index (Phi) is 4.42. The summed E-state index contributed by atoms with van der Waals surface area (Å²) in [5.41, 5.74) is 9.01. The van der Waals surface area contributed by atoms with Gasteiger partial charge in [0, 0.05) is 6.54 Å². The smallest absolute Gasteiger partial charge is 0.161 e. The van der Waals surface area contributed by atoms with Crippen LogP contribution in [0.2, 0.25) is 0 Å². The van der Waals surface area contributed by atoms with Crippen molar-refractivity contribution in [2.45, 2.75) is 13.5 Å². The van der Waals surface area contributed by atoms with Crippen molar-refractivity contribution in [3.8, 4) is 22.6 Å². The minimum atomic E-state index is 0.544. The molecule has 0 fully saturated rings. The zero-order valence-corrected chi connectivity index (χ0v) is 11.3. The molecule has 0 saturated heterocycles. The maximum Gasteiger partial charge on any atom is 0.161 e. The van der Waals surface area contributed by atoms with Gasteiger partial charge in [-0.15, -0.1) is 0 Å². The first kappa shape index (κ1) is 13.4. The van der Waals surface area contributed by atoms with E-state index in [-0.39, 0.29) is 0 Å². The predicted molar refractivity (Wildman–Crippen MR) is 77.5 cm³/mol. The molecule has 0 radical (unpaired) electrons. The SMILES string of the molecule is CCOc1ccc(-c2cccc(CN)c2)cc1OC. The summed E-state index contributed by atoms with van der Waals surface area (Å²) in [5.74, 6) is 1.52. The Morgan fingerprint density at radius 3 is 2.47 bits per heavy atom. The minimum absolute atomic E-state index is 0.544. The second-order valence-electron chi connectivity index (χ2n) is 4.20. The van der Waals surface area contributed by atoms with E-state index < -0.39 is 0 Å². The van der Waals surface area contributed by atoms with Gasteiger partial charge in [-0.3, -0.25) is 0 Å². The molecule has 2 rings (SSSR count). The van der Waals surface area contributed by atoms with Crippen LogP contribution in [0.3, 0.4) is 0 Å². The van der Waals surface area contributed by atoms with Crippen LogP contribution < -0.4 is 15.2 Å². The highest BCUT2D eigenvalue weighted by atomic mass is 16.5. The van der Waals surface area contributed by atoms with Crippen molar-refractivity contribution in [3.63, 3.8) is 0 Å². The monoisotopic (exact) mass is 257 g/mol. The fourth-order valence-electron chi connectivity index (χ4n) is 2.00. The molecule has 0 amide bonds. The van der Waals surface area contributed by atoms with Crippen molar-refractivity contribution in [1.82, 2.24) is 0 Å². The van der Waals surface area contributed by atoms with E-state index in [1.165, 1.54) is 0 Å². The normalized spacial score (nSPS) is 10.3.